The predicted octanol–water partition coefficient (Wildman–Crippen LogP) is 3.44. The fraction of sp³-hybridized carbons (Fsp3) is 0.533. The number of amides is 1. The number of nitrogens with zero attached hydrogens (tertiary/aromatic N) is 1. The zero-order valence-corrected chi connectivity index (χ0v) is 11.1. The van der Waals surface area contributed by atoms with Gasteiger partial charge in [-0.3, -0.25) is 0 Å². The third-order valence-electron chi connectivity index (χ3n) is 3.21. The van der Waals surface area contributed by atoms with E-state index in [9.17, 15) is 4.79 Å². The van der Waals surface area contributed by atoms with Crippen molar-refractivity contribution in [2.75, 3.05) is 6.54 Å². The zero-order valence-electron chi connectivity index (χ0n) is 11.1. The Kier molecular flexibility index (Phi) is 4.24. The number of hydrogen-bond acceptors (Lipinski definition) is 2. The average Bonchev–Trinajstić information content (AvgIpc) is 3.18. The Hall–Kier alpha value is -1.51. The van der Waals surface area contributed by atoms with E-state index in [4.69, 9.17) is 4.74 Å². The summed E-state index contributed by atoms with van der Waals surface area (Å²) in [7, 11) is 0. The topological polar surface area (TPSA) is 29.5 Å². The van der Waals surface area contributed by atoms with Gasteiger partial charge in [0.05, 0.1) is 0 Å². The Morgan fingerprint density at radius 2 is 2.00 bits per heavy atom. The van der Waals surface area contributed by atoms with E-state index >= 15 is 0 Å². The van der Waals surface area contributed by atoms with E-state index in [-0.39, 0.29) is 12.1 Å². The first-order valence-corrected chi connectivity index (χ1v) is 6.64. The molecule has 0 spiro atoms. The molecule has 1 fully saturated rings. The molecular weight excluding hydrogens is 226 g/mol. The van der Waals surface area contributed by atoms with Crippen LogP contribution in [0.3, 0.4) is 0 Å². The lowest BCUT2D eigenvalue weighted by atomic mass is 10.2. The van der Waals surface area contributed by atoms with Crippen molar-refractivity contribution >= 4 is 6.09 Å². The standard InChI is InChI=1S/C15H21NO2/c1-12(2)16(10-13-8-9-13)15(17)18-11-14-6-4-3-5-7-14/h3-7,12-13H,8-11H2,1-2H3. The molecular formula is C15H21NO2. The van der Waals surface area contributed by atoms with Gasteiger partial charge < -0.3 is 9.64 Å². The van der Waals surface area contributed by atoms with Crippen LogP contribution >= 0.6 is 0 Å². The molecule has 0 bridgehead atoms. The van der Waals surface area contributed by atoms with Crippen molar-refractivity contribution in [3.63, 3.8) is 0 Å². The minimum atomic E-state index is -0.194. The first kappa shape index (κ1) is 12.9. The molecule has 1 amide bonds. The summed E-state index contributed by atoms with van der Waals surface area (Å²) in [4.78, 5) is 13.9. The van der Waals surface area contributed by atoms with Gasteiger partial charge in [-0.25, -0.2) is 4.79 Å². The van der Waals surface area contributed by atoms with Gasteiger partial charge in [0.25, 0.3) is 0 Å². The highest BCUT2D eigenvalue weighted by Crippen LogP contribution is 2.30. The number of benzene rings is 1. The second-order valence-electron chi connectivity index (χ2n) is 5.23. The van der Waals surface area contributed by atoms with Crippen LogP contribution in [0.5, 0.6) is 0 Å². The minimum Gasteiger partial charge on any atom is -0.445 e. The monoisotopic (exact) mass is 247 g/mol. The number of hydrogen-bond donors (Lipinski definition) is 0. The number of carbonyl (C=O) groups excluding carboxylic acids is 1. The van der Waals surface area contributed by atoms with E-state index in [0.717, 1.165) is 12.1 Å². The smallest absolute Gasteiger partial charge is 0.410 e. The molecule has 98 valence electrons. The summed E-state index contributed by atoms with van der Waals surface area (Å²) < 4.78 is 5.37. The SMILES string of the molecule is CC(C)N(CC1CC1)C(=O)OCc1ccccc1. The van der Waals surface area contributed by atoms with E-state index in [1.807, 2.05) is 49.1 Å². The molecule has 1 aromatic carbocycles. The van der Waals surface area contributed by atoms with Crippen LogP contribution in [0.1, 0.15) is 32.3 Å². The second kappa shape index (κ2) is 5.89. The van der Waals surface area contributed by atoms with E-state index in [2.05, 4.69) is 0 Å². The lowest BCUT2D eigenvalue weighted by molar-refractivity contribution is 0.0839. The van der Waals surface area contributed by atoms with Gasteiger partial charge in [-0.05, 0) is 38.2 Å². The Morgan fingerprint density at radius 3 is 2.56 bits per heavy atom. The van der Waals surface area contributed by atoms with Crippen molar-refractivity contribution in [1.29, 1.82) is 0 Å². The molecule has 3 heteroatoms. The Balaban J connectivity index is 1.84. The van der Waals surface area contributed by atoms with Gasteiger partial charge in [-0.1, -0.05) is 30.3 Å². The van der Waals surface area contributed by atoms with Crippen molar-refractivity contribution in [1.82, 2.24) is 4.90 Å². The van der Waals surface area contributed by atoms with Gasteiger partial charge in [-0.2, -0.15) is 0 Å². The Bertz CT molecular complexity index is 385. The molecule has 0 aliphatic heterocycles. The number of carbonyl (C=O) groups is 1. The van der Waals surface area contributed by atoms with Gasteiger partial charge in [0.15, 0.2) is 0 Å². The maximum Gasteiger partial charge on any atom is 0.410 e. The molecule has 1 aliphatic carbocycles. The van der Waals surface area contributed by atoms with Crippen molar-refractivity contribution in [3.8, 4) is 0 Å². The molecule has 18 heavy (non-hydrogen) atoms. The largest absolute Gasteiger partial charge is 0.445 e. The maximum atomic E-state index is 12.0. The molecule has 0 atom stereocenters. The minimum absolute atomic E-state index is 0.194. The van der Waals surface area contributed by atoms with E-state index in [1.54, 1.807) is 0 Å². The first-order valence-electron chi connectivity index (χ1n) is 6.64. The van der Waals surface area contributed by atoms with Crippen LogP contribution in [0.2, 0.25) is 0 Å². The fourth-order valence-electron chi connectivity index (χ4n) is 1.88. The molecule has 0 heterocycles. The highest BCUT2D eigenvalue weighted by molar-refractivity contribution is 5.68. The summed E-state index contributed by atoms with van der Waals surface area (Å²) in [5.41, 5.74) is 1.03. The predicted molar refractivity (Wildman–Crippen MR) is 71.2 cm³/mol. The van der Waals surface area contributed by atoms with Gasteiger partial charge in [0, 0.05) is 12.6 Å². The van der Waals surface area contributed by atoms with Crippen LogP contribution < -0.4 is 0 Å². The van der Waals surface area contributed by atoms with Crippen molar-refractivity contribution in [2.45, 2.75) is 39.3 Å². The van der Waals surface area contributed by atoms with Crippen LogP contribution in [0.15, 0.2) is 30.3 Å². The highest BCUT2D eigenvalue weighted by atomic mass is 16.6. The Morgan fingerprint density at radius 1 is 1.33 bits per heavy atom. The molecule has 1 aliphatic rings. The molecule has 0 saturated heterocycles. The number of ether oxygens (including phenoxy) is 1. The fourth-order valence-corrected chi connectivity index (χ4v) is 1.88. The third kappa shape index (κ3) is 3.76. The molecule has 2 rings (SSSR count). The normalized spacial score (nSPS) is 14.6. The average molecular weight is 247 g/mol. The molecule has 0 unspecified atom stereocenters. The maximum absolute atomic E-state index is 12.0. The van der Waals surface area contributed by atoms with Crippen molar-refractivity contribution in [3.05, 3.63) is 35.9 Å². The van der Waals surface area contributed by atoms with Crippen molar-refractivity contribution < 1.29 is 9.53 Å². The van der Waals surface area contributed by atoms with Crippen LogP contribution in [0, 0.1) is 5.92 Å². The second-order valence-corrected chi connectivity index (χ2v) is 5.23. The highest BCUT2D eigenvalue weighted by Gasteiger charge is 2.28. The van der Waals surface area contributed by atoms with Gasteiger partial charge in [0.1, 0.15) is 6.61 Å². The molecule has 1 saturated carbocycles. The van der Waals surface area contributed by atoms with Crippen LogP contribution in [0.25, 0.3) is 0 Å². The molecule has 1 aromatic rings. The zero-order chi connectivity index (χ0) is 13.0. The van der Waals surface area contributed by atoms with Crippen LogP contribution in [-0.2, 0) is 11.3 Å². The van der Waals surface area contributed by atoms with Gasteiger partial charge in [-0.15, -0.1) is 0 Å². The van der Waals surface area contributed by atoms with Gasteiger partial charge >= 0.3 is 6.09 Å². The number of rotatable bonds is 5. The molecule has 0 N–H and O–H groups in total. The quantitative estimate of drug-likeness (QED) is 0.797. The molecule has 3 nitrogen and oxygen atoms in total. The summed E-state index contributed by atoms with van der Waals surface area (Å²) in [6, 6.07) is 10.00. The molecule has 0 radical (unpaired) electrons. The van der Waals surface area contributed by atoms with E-state index in [1.165, 1.54) is 12.8 Å². The lowest BCUT2D eigenvalue weighted by Crippen LogP contribution is -2.38. The summed E-state index contributed by atoms with van der Waals surface area (Å²) in [6.45, 7) is 5.26. The summed E-state index contributed by atoms with van der Waals surface area (Å²) >= 11 is 0. The van der Waals surface area contributed by atoms with Crippen molar-refractivity contribution in [2.24, 2.45) is 5.92 Å². The summed E-state index contributed by atoms with van der Waals surface area (Å²) in [5.74, 6) is 0.691. The van der Waals surface area contributed by atoms with E-state index < -0.39 is 0 Å². The lowest BCUT2D eigenvalue weighted by Gasteiger charge is -2.25. The van der Waals surface area contributed by atoms with E-state index in [0.29, 0.717) is 12.5 Å². The van der Waals surface area contributed by atoms with Gasteiger partial charge in [0.2, 0.25) is 0 Å². The van der Waals surface area contributed by atoms with Crippen LogP contribution in [-0.4, -0.2) is 23.6 Å². The molecule has 0 aromatic heterocycles. The van der Waals surface area contributed by atoms with Crippen LogP contribution in [0.4, 0.5) is 4.79 Å². The first-order chi connectivity index (χ1) is 8.66. The Labute approximate surface area is 109 Å². The summed E-state index contributed by atoms with van der Waals surface area (Å²) in [6.07, 6.45) is 2.30. The summed E-state index contributed by atoms with van der Waals surface area (Å²) in [5, 5.41) is 0. The third-order valence-corrected chi connectivity index (χ3v) is 3.21.